The Hall–Kier alpha value is -0.0300. The molecule has 0 rings (SSSR count). The molecule has 0 fully saturated rings. The molecule has 0 bridgehead atoms. The molecule has 0 heterocycles. The normalized spacial score (nSPS) is 10.8. The number of hydrogen-bond acceptors (Lipinski definition) is 3. The van der Waals surface area contributed by atoms with E-state index in [4.69, 9.17) is 9.79 Å². The fraction of sp³-hybridized carbons (Fsp3) is 0. The van der Waals surface area contributed by atoms with Crippen molar-refractivity contribution >= 4 is 24.8 Å². The Morgan fingerprint density at radius 1 is 1.62 bits per heavy atom. The highest BCUT2D eigenvalue weighted by Gasteiger charge is 2.11. The molecule has 0 saturated heterocycles. The van der Waals surface area contributed by atoms with Crippen LogP contribution in [0, 0.1) is 0 Å². The quantitative estimate of drug-likeness (QED) is 0.291. The highest BCUT2D eigenvalue weighted by Crippen LogP contribution is 2.47. The average molecular weight is 157 g/mol. The van der Waals surface area contributed by atoms with Crippen LogP contribution in [0.4, 0.5) is 0 Å². The molecule has 48 valence electrons. The Morgan fingerprint density at radius 3 is 2.25 bits per heavy atom. The lowest BCUT2D eigenvalue weighted by Gasteiger charge is -1.96. The number of nitrogens with one attached hydrogen (secondary N) is 1. The molecule has 0 aliphatic carbocycles. The molecule has 0 aliphatic rings. The number of amides is 1. The lowest BCUT2D eigenvalue weighted by molar-refractivity contribution is -0.107. The summed E-state index contributed by atoms with van der Waals surface area (Å²) in [6.07, 6.45) is 0.198. The van der Waals surface area contributed by atoms with Crippen molar-refractivity contribution in [2.75, 3.05) is 0 Å². The van der Waals surface area contributed by atoms with E-state index in [1.807, 2.05) is 0 Å². The minimum Gasteiger partial charge on any atom is -0.315 e. The molecule has 5 nitrogen and oxygen atoms in total. The zero-order valence-corrected chi connectivity index (χ0v) is 5.35. The summed E-state index contributed by atoms with van der Waals surface area (Å²) in [6, 6.07) is 0. The van der Waals surface area contributed by atoms with E-state index in [1.54, 1.807) is 4.72 Å². The average Bonchev–Trinajstić information content (AvgIpc) is 1.59. The van der Waals surface area contributed by atoms with Crippen molar-refractivity contribution < 1.29 is 19.1 Å². The predicted octanol–water partition coefficient (Wildman–Crippen LogP) is -0.527. The molecule has 0 atom stereocenters. The first-order valence-electron chi connectivity index (χ1n) is 1.49. The van der Waals surface area contributed by atoms with Gasteiger partial charge < -0.3 is 9.79 Å². The van der Waals surface area contributed by atoms with Gasteiger partial charge in [-0.05, 0) is 0 Å². The molecule has 0 aromatic heterocycles. The summed E-state index contributed by atoms with van der Waals surface area (Å²) in [5, 5.41) is 0. The summed E-state index contributed by atoms with van der Waals surface area (Å²) in [7, 11) is 0. The van der Waals surface area contributed by atoms with Gasteiger partial charge in [0.2, 0.25) is 6.41 Å². The van der Waals surface area contributed by atoms with E-state index in [1.165, 1.54) is 0 Å². The number of carbonyl (C=O) groups is 1. The van der Waals surface area contributed by atoms with E-state index < -0.39 is 6.80 Å². The van der Waals surface area contributed by atoms with Crippen molar-refractivity contribution in [3.8, 4) is 0 Å². The van der Waals surface area contributed by atoms with E-state index in [2.05, 4.69) is 0 Å². The number of carbonyl (C=O) groups excluding carboxylic acids is 1. The molecular formula is CH4NO4PS. The first kappa shape index (κ1) is 7.97. The van der Waals surface area contributed by atoms with Crippen LogP contribution in [0.15, 0.2) is 0 Å². The van der Waals surface area contributed by atoms with E-state index >= 15 is 0 Å². The zero-order chi connectivity index (χ0) is 6.62. The van der Waals surface area contributed by atoms with Gasteiger partial charge >= 0.3 is 6.80 Å². The monoisotopic (exact) mass is 157 g/mol. The maximum absolute atomic E-state index is 9.83. The molecule has 0 radical (unpaired) electrons. The highest BCUT2D eigenvalue weighted by atomic mass is 32.7. The summed E-state index contributed by atoms with van der Waals surface area (Å²) >= 11 is 0.0822. The van der Waals surface area contributed by atoms with Crippen LogP contribution in [0.25, 0.3) is 0 Å². The van der Waals surface area contributed by atoms with E-state index in [0.29, 0.717) is 0 Å². The van der Waals surface area contributed by atoms with E-state index in [0.717, 1.165) is 0 Å². The second-order valence-electron chi connectivity index (χ2n) is 0.818. The van der Waals surface area contributed by atoms with Gasteiger partial charge in [-0.1, -0.05) is 0 Å². The van der Waals surface area contributed by atoms with E-state index in [-0.39, 0.29) is 18.0 Å². The molecular weight excluding hydrogens is 153 g/mol. The van der Waals surface area contributed by atoms with Crippen LogP contribution in [0.5, 0.6) is 0 Å². The third kappa shape index (κ3) is 5.97. The summed E-state index contributed by atoms with van der Waals surface area (Å²) in [4.78, 5) is 25.4. The Labute approximate surface area is 49.5 Å². The Kier molecular flexibility index (Phi) is 3.08. The van der Waals surface area contributed by atoms with Crippen LogP contribution in [0.1, 0.15) is 0 Å². The molecule has 0 aromatic carbocycles. The van der Waals surface area contributed by atoms with Crippen LogP contribution in [-0.4, -0.2) is 16.2 Å². The van der Waals surface area contributed by atoms with Gasteiger partial charge in [-0.25, -0.2) is 4.57 Å². The van der Waals surface area contributed by atoms with Crippen molar-refractivity contribution in [2.45, 2.75) is 0 Å². The maximum Gasteiger partial charge on any atom is 0.404 e. The molecule has 0 saturated carbocycles. The lowest BCUT2D eigenvalue weighted by atomic mass is 11.5. The molecule has 3 N–H and O–H groups in total. The first-order valence-corrected chi connectivity index (χ1v) is 4.53. The summed E-state index contributed by atoms with van der Waals surface area (Å²) in [5.41, 5.74) is 0. The Balaban J connectivity index is 3.40. The number of hydrogen-bond donors (Lipinski definition) is 3. The summed E-state index contributed by atoms with van der Waals surface area (Å²) in [6.45, 7) is -4.11. The van der Waals surface area contributed by atoms with Gasteiger partial charge in [-0.2, -0.15) is 0 Å². The number of rotatable bonds is 3. The van der Waals surface area contributed by atoms with Crippen LogP contribution in [0.3, 0.4) is 0 Å². The third-order valence-corrected chi connectivity index (χ3v) is 1.69. The highest BCUT2D eigenvalue weighted by molar-refractivity contribution is 8.53. The third-order valence-electron chi connectivity index (χ3n) is 0.220. The summed E-state index contributed by atoms with van der Waals surface area (Å²) in [5.74, 6) is 0. The standard InChI is InChI=1S/CH4NO4PS/c3-1-2-8-7(4,5)6/h1H,(H,2,3)(H2,4,5,6). The van der Waals surface area contributed by atoms with Gasteiger partial charge in [0.05, 0.1) is 11.6 Å². The maximum atomic E-state index is 9.83. The van der Waals surface area contributed by atoms with Crippen molar-refractivity contribution in [1.82, 2.24) is 4.72 Å². The molecule has 0 unspecified atom stereocenters. The van der Waals surface area contributed by atoms with Gasteiger partial charge in [0, 0.05) is 0 Å². The van der Waals surface area contributed by atoms with Crippen LogP contribution >= 0.6 is 18.4 Å². The first-order chi connectivity index (χ1) is 3.56. The zero-order valence-electron chi connectivity index (χ0n) is 3.64. The molecule has 0 aliphatic heterocycles. The second kappa shape index (κ2) is 3.09. The van der Waals surface area contributed by atoms with Gasteiger partial charge in [-0.3, -0.25) is 9.52 Å². The van der Waals surface area contributed by atoms with Gasteiger partial charge in [0.25, 0.3) is 0 Å². The predicted molar refractivity (Wildman–Crippen MR) is 28.8 cm³/mol. The largest absolute Gasteiger partial charge is 0.404 e. The Bertz CT molecular complexity index is 119. The second-order valence-corrected chi connectivity index (χ2v) is 4.19. The van der Waals surface area contributed by atoms with Crippen LogP contribution in [0.2, 0.25) is 0 Å². The fourth-order valence-electron chi connectivity index (χ4n) is 0.0902. The minimum atomic E-state index is -4.11. The topological polar surface area (TPSA) is 86.6 Å². The molecule has 0 aromatic rings. The van der Waals surface area contributed by atoms with Gasteiger partial charge in [-0.15, -0.1) is 0 Å². The molecule has 7 heteroatoms. The summed E-state index contributed by atoms with van der Waals surface area (Å²) < 4.78 is 11.6. The molecule has 8 heavy (non-hydrogen) atoms. The SMILES string of the molecule is O=CNSP(=O)(O)O. The van der Waals surface area contributed by atoms with Crippen molar-refractivity contribution in [2.24, 2.45) is 0 Å². The van der Waals surface area contributed by atoms with Crippen molar-refractivity contribution in [1.29, 1.82) is 0 Å². The Morgan fingerprint density at radius 2 is 2.12 bits per heavy atom. The van der Waals surface area contributed by atoms with E-state index in [9.17, 15) is 9.36 Å². The van der Waals surface area contributed by atoms with Gasteiger partial charge in [0.1, 0.15) is 0 Å². The molecule has 1 amide bonds. The van der Waals surface area contributed by atoms with Gasteiger partial charge in [0.15, 0.2) is 0 Å². The minimum absolute atomic E-state index is 0.0822. The van der Waals surface area contributed by atoms with Crippen molar-refractivity contribution in [3.63, 3.8) is 0 Å². The van der Waals surface area contributed by atoms with Crippen LogP contribution in [-0.2, 0) is 9.36 Å². The van der Waals surface area contributed by atoms with Crippen LogP contribution < -0.4 is 4.72 Å². The smallest absolute Gasteiger partial charge is 0.315 e. The fourth-order valence-corrected chi connectivity index (χ4v) is 0.812. The van der Waals surface area contributed by atoms with Crippen molar-refractivity contribution in [3.05, 3.63) is 0 Å². The molecule has 0 spiro atoms. The lowest BCUT2D eigenvalue weighted by Crippen LogP contribution is -1.96.